The third kappa shape index (κ3) is 5.18. The van der Waals surface area contributed by atoms with E-state index < -0.39 is 32.8 Å². The summed E-state index contributed by atoms with van der Waals surface area (Å²) in [5, 5.41) is 0.901. The Morgan fingerprint density at radius 2 is 1.77 bits per heavy atom. The number of hydrogen-bond acceptors (Lipinski definition) is 6. The van der Waals surface area contributed by atoms with Crippen molar-refractivity contribution in [2.45, 2.75) is 17.6 Å². The van der Waals surface area contributed by atoms with Gasteiger partial charge in [-0.3, -0.25) is 19.0 Å². The third-order valence-electron chi connectivity index (χ3n) is 5.32. The van der Waals surface area contributed by atoms with Crippen LogP contribution in [0.25, 0.3) is 16.5 Å². The lowest BCUT2D eigenvalue weighted by atomic mass is 10.0. The Balaban J connectivity index is 1.65. The number of fused-ring (bicyclic) bond motifs is 1. The summed E-state index contributed by atoms with van der Waals surface area (Å²) in [7, 11) is -3.80. The molecular formula is C24H18Cl2N2O5S2. The van der Waals surface area contributed by atoms with Crippen molar-refractivity contribution in [3.05, 3.63) is 91.1 Å². The number of hydrogen-bond donors (Lipinski definition) is 1. The highest BCUT2D eigenvalue weighted by atomic mass is 35.5. The summed E-state index contributed by atoms with van der Waals surface area (Å²) in [5.74, 6) is -1.89. The van der Waals surface area contributed by atoms with E-state index in [0.717, 1.165) is 16.9 Å². The van der Waals surface area contributed by atoms with Crippen LogP contribution in [0.2, 0.25) is 9.36 Å². The van der Waals surface area contributed by atoms with Gasteiger partial charge in [0.15, 0.2) is 15.6 Å². The number of ketones is 1. The van der Waals surface area contributed by atoms with Gasteiger partial charge in [-0.15, -0.1) is 11.3 Å². The number of halogens is 2. The van der Waals surface area contributed by atoms with Gasteiger partial charge in [0.25, 0.3) is 11.5 Å². The molecule has 1 amide bonds. The lowest BCUT2D eigenvalue weighted by Gasteiger charge is -2.13. The lowest BCUT2D eigenvalue weighted by Crippen LogP contribution is -2.23. The minimum Gasteiger partial charge on any atom is -0.366 e. The lowest BCUT2D eigenvalue weighted by molar-refractivity contribution is -0.116. The molecule has 2 heterocycles. The van der Waals surface area contributed by atoms with Gasteiger partial charge in [-0.05, 0) is 42.8 Å². The molecular weight excluding hydrogens is 531 g/mol. The molecule has 35 heavy (non-hydrogen) atoms. The highest BCUT2D eigenvalue weighted by molar-refractivity contribution is 7.94. The van der Waals surface area contributed by atoms with Crippen LogP contribution < -0.4 is 11.3 Å². The maximum atomic E-state index is 13.1. The maximum absolute atomic E-state index is 13.1. The van der Waals surface area contributed by atoms with E-state index in [2.05, 4.69) is 0 Å². The zero-order valence-corrected chi connectivity index (χ0v) is 21.4. The maximum Gasteiger partial charge on any atom is 0.263 e. The van der Waals surface area contributed by atoms with Gasteiger partial charge in [-0.1, -0.05) is 47.0 Å². The number of primary amides is 1. The summed E-state index contributed by atoms with van der Waals surface area (Å²) >= 11 is 13.1. The van der Waals surface area contributed by atoms with Gasteiger partial charge in [0.2, 0.25) is 0 Å². The van der Waals surface area contributed by atoms with E-state index in [-0.39, 0.29) is 21.2 Å². The molecule has 0 aliphatic heterocycles. The van der Waals surface area contributed by atoms with E-state index in [4.69, 9.17) is 28.9 Å². The number of Topliss-reactive ketones (excluding diaryl/α,β-unsaturated/α-hetero) is 1. The average Bonchev–Trinajstić information content (AvgIpc) is 3.21. The zero-order chi connectivity index (χ0) is 25.5. The molecule has 2 N–H and O–H groups in total. The molecule has 0 saturated heterocycles. The number of nitrogens with two attached hydrogens (primary N) is 1. The van der Waals surface area contributed by atoms with Crippen molar-refractivity contribution in [2.24, 2.45) is 5.73 Å². The van der Waals surface area contributed by atoms with Crippen LogP contribution in [-0.2, 0) is 21.1 Å². The van der Waals surface area contributed by atoms with Gasteiger partial charge in [0.1, 0.15) is 9.96 Å². The van der Waals surface area contributed by atoms with Gasteiger partial charge in [-0.25, -0.2) is 8.42 Å². The van der Waals surface area contributed by atoms with Crippen LogP contribution in [0.15, 0.2) is 63.7 Å². The molecule has 0 bridgehead atoms. The van der Waals surface area contributed by atoms with Crippen LogP contribution in [0.1, 0.15) is 21.5 Å². The topological polar surface area (TPSA) is 116 Å². The summed E-state index contributed by atoms with van der Waals surface area (Å²) in [6.45, 7) is 1.84. The third-order valence-corrected chi connectivity index (χ3v) is 9.11. The number of thiophene rings is 1. The van der Waals surface area contributed by atoms with E-state index in [9.17, 15) is 22.8 Å². The fourth-order valence-corrected chi connectivity index (χ4v) is 6.82. The standard InChI is InChI=1S/C24H18Cl2N2O5S2/c1-13-2-4-16-17(8-13)18(23(27)30)11-28(24(16)31)20-5-3-14(10-19(20)25)9-15(29)12-35(32,33)22-7-6-21(26)34-22/h2-8,10-11H,9,12H2,1H3,(H2,27,30). The first kappa shape index (κ1) is 25.1. The number of carbonyl (C=O) groups excluding carboxylic acids is 2. The van der Waals surface area contributed by atoms with Gasteiger partial charge in [0, 0.05) is 23.4 Å². The first-order valence-electron chi connectivity index (χ1n) is 10.2. The van der Waals surface area contributed by atoms with E-state index in [0.29, 0.717) is 26.4 Å². The Bertz CT molecular complexity index is 1670. The van der Waals surface area contributed by atoms with Crippen molar-refractivity contribution >= 4 is 66.8 Å². The Morgan fingerprint density at radius 3 is 2.40 bits per heavy atom. The van der Waals surface area contributed by atoms with Crippen molar-refractivity contribution in [1.29, 1.82) is 0 Å². The number of benzene rings is 2. The average molecular weight is 549 g/mol. The van der Waals surface area contributed by atoms with Crippen molar-refractivity contribution in [1.82, 2.24) is 4.57 Å². The van der Waals surface area contributed by atoms with Crippen molar-refractivity contribution in [3.8, 4) is 5.69 Å². The van der Waals surface area contributed by atoms with Crippen molar-refractivity contribution in [3.63, 3.8) is 0 Å². The molecule has 11 heteroatoms. The van der Waals surface area contributed by atoms with E-state index in [1.54, 1.807) is 24.3 Å². The second kappa shape index (κ2) is 9.58. The molecule has 2 aromatic heterocycles. The van der Waals surface area contributed by atoms with Crippen LogP contribution in [-0.4, -0.2) is 30.4 Å². The van der Waals surface area contributed by atoms with E-state index in [1.807, 2.05) is 6.92 Å². The molecule has 2 aromatic carbocycles. The summed E-state index contributed by atoms with van der Waals surface area (Å²) < 4.78 is 26.4. The van der Waals surface area contributed by atoms with Gasteiger partial charge in [-0.2, -0.15) is 0 Å². The number of amides is 1. The highest BCUT2D eigenvalue weighted by Gasteiger charge is 2.22. The molecule has 0 atom stereocenters. The monoisotopic (exact) mass is 548 g/mol. The number of nitrogens with zero attached hydrogens (tertiary/aromatic N) is 1. The largest absolute Gasteiger partial charge is 0.366 e. The second-order valence-electron chi connectivity index (χ2n) is 7.95. The predicted molar refractivity (Wildman–Crippen MR) is 138 cm³/mol. The van der Waals surface area contributed by atoms with Gasteiger partial charge >= 0.3 is 0 Å². The number of aromatic nitrogens is 1. The minimum absolute atomic E-state index is 0.0281. The van der Waals surface area contributed by atoms with Gasteiger partial charge in [0.05, 0.1) is 20.6 Å². The number of sulfone groups is 1. The molecule has 4 aromatic rings. The molecule has 0 fully saturated rings. The smallest absolute Gasteiger partial charge is 0.263 e. The molecule has 7 nitrogen and oxygen atoms in total. The molecule has 0 radical (unpaired) electrons. The van der Waals surface area contributed by atoms with E-state index >= 15 is 0 Å². The predicted octanol–water partition coefficient (Wildman–Crippen LogP) is 4.35. The van der Waals surface area contributed by atoms with E-state index in [1.165, 1.54) is 35.0 Å². The Labute approximate surface area is 214 Å². The molecule has 0 aliphatic carbocycles. The first-order chi connectivity index (χ1) is 16.5. The molecule has 0 saturated carbocycles. The normalized spacial score (nSPS) is 11.6. The Hall–Kier alpha value is -2.98. The highest BCUT2D eigenvalue weighted by Crippen LogP contribution is 2.27. The molecule has 0 unspecified atom stereocenters. The van der Waals surface area contributed by atoms with Crippen LogP contribution >= 0.6 is 34.5 Å². The van der Waals surface area contributed by atoms with Crippen LogP contribution in [0.5, 0.6) is 0 Å². The summed E-state index contributed by atoms with van der Waals surface area (Å²) in [6, 6.07) is 12.5. The van der Waals surface area contributed by atoms with Crippen LogP contribution in [0.3, 0.4) is 0 Å². The Kier molecular flexibility index (Phi) is 6.88. The summed E-state index contributed by atoms with van der Waals surface area (Å²) in [6.07, 6.45) is 1.17. The Morgan fingerprint density at radius 1 is 1.03 bits per heavy atom. The number of pyridine rings is 1. The quantitative estimate of drug-likeness (QED) is 0.368. The van der Waals surface area contributed by atoms with Gasteiger partial charge < -0.3 is 5.73 Å². The zero-order valence-electron chi connectivity index (χ0n) is 18.2. The minimum atomic E-state index is -3.80. The molecule has 180 valence electrons. The number of aryl methyl sites for hydroxylation is 1. The SMILES string of the molecule is Cc1ccc2c(=O)n(-c3ccc(CC(=O)CS(=O)(=O)c4ccc(Cl)s4)cc3Cl)cc(C(N)=O)c2c1. The summed E-state index contributed by atoms with van der Waals surface area (Å²) in [5.41, 5.74) is 6.96. The molecule has 4 rings (SSSR count). The fourth-order valence-electron chi connectivity index (χ4n) is 3.71. The molecule has 0 aliphatic rings. The molecule has 0 spiro atoms. The first-order valence-corrected chi connectivity index (χ1v) is 13.4. The number of rotatable bonds is 7. The van der Waals surface area contributed by atoms with Crippen LogP contribution in [0, 0.1) is 6.92 Å². The number of carbonyl (C=O) groups is 2. The summed E-state index contributed by atoms with van der Waals surface area (Å²) in [4.78, 5) is 37.7. The van der Waals surface area contributed by atoms with Crippen molar-refractivity contribution < 1.29 is 18.0 Å². The van der Waals surface area contributed by atoms with Crippen LogP contribution in [0.4, 0.5) is 0 Å². The van der Waals surface area contributed by atoms with Crippen molar-refractivity contribution in [2.75, 3.05) is 5.75 Å². The fraction of sp³-hybridized carbons (Fsp3) is 0.125. The second-order valence-corrected chi connectivity index (χ2v) is 12.3.